The number of nitrogens with zero attached hydrogens (tertiary/aromatic N) is 1. The van der Waals surface area contributed by atoms with Crippen LogP contribution in [0, 0.1) is 26.7 Å². The van der Waals surface area contributed by atoms with Crippen molar-refractivity contribution in [3.8, 4) is 11.1 Å². The third-order valence-electron chi connectivity index (χ3n) is 7.71. The summed E-state index contributed by atoms with van der Waals surface area (Å²) in [6, 6.07) is 8.56. The van der Waals surface area contributed by atoms with Gasteiger partial charge in [-0.15, -0.1) is 0 Å². The molecular formula is C28H37NO2. The molecule has 2 aliphatic rings. The van der Waals surface area contributed by atoms with Gasteiger partial charge in [-0.2, -0.15) is 0 Å². The molecule has 31 heavy (non-hydrogen) atoms. The molecule has 1 aliphatic heterocycles. The van der Waals surface area contributed by atoms with Crippen LogP contribution in [0.3, 0.4) is 0 Å². The number of rotatable bonds is 6. The molecule has 3 nitrogen and oxygen atoms in total. The molecule has 0 saturated heterocycles. The molecule has 1 aliphatic carbocycles. The summed E-state index contributed by atoms with van der Waals surface area (Å²) in [5, 5.41) is 9.63. The molecule has 2 aromatic rings. The Morgan fingerprint density at radius 3 is 2.39 bits per heavy atom. The highest BCUT2D eigenvalue weighted by atomic mass is 16.4. The van der Waals surface area contributed by atoms with E-state index in [1.54, 1.807) is 0 Å². The van der Waals surface area contributed by atoms with E-state index in [4.69, 9.17) is 0 Å². The van der Waals surface area contributed by atoms with Gasteiger partial charge in [0.1, 0.15) is 0 Å². The fourth-order valence-corrected chi connectivity index (χ4v) is 5.84. The molecule has 3 heteroatoms. The minimum atomic E-state index is -0.749. The minimum absolute atomic E-state index is 0.0918. The van der Waals surface area contributed by atoms with E-state index in [-0.39, 0.29) is 6.42 Å². The predicted molar refractivity (Wildman–Crippen MR) is 128 cm³/mol. The summed E-state index contributed by atoms with van der Waals surface area (Å²) in [6.07, 6.45) is 9.54. The number of benzene rings is 2. The Morgan fingerprint density at radius 1 is 1.00 bits per heavy atom. The number of hydrogen-bond acceptors (Lipinski definition) is 2. The number of fused-ring (bicyclic) bond motifs is 1. The molecule has 0 radical (unpaired) electrons. The Kier molecular flexibility index (Phi) is 6.81. The Labute approximate surface area is 187 Å². The first-order chi connectivity index (χ1) is 14.9. The largest absolute Gasteiger partial charge is 0.481 e. The summed E-state index contributed by atoms with van der Waals surface area (Å²) < 4.78 is 0. The lowest BCUT2D eigenvalue weighted by Gasteiger charge is -2.34. The van der Waals surface area contributed by atoms with Crippen LogP contribution < -0.4 is 0 Å². The van der Waals surface area contributed by atoms with E-state index in [9.17, 15) is 9.90 Å². The van der Waals surface area contributed by atoms with Crippen molar-refractivity contribution in [3.63, 3.8) is 0 Å². The fourth-order valence-electron chi connectivity index (χ4n) is 5.84. The maximum Gasteiger partial charge on any atom is 0.307 e. The first-order valence-electron chi connectivity index (χ1n) is 12.1. The van der Waals surface area contributed by atoms with Gasteiger partial charge in [0.25, 0.3) is 0 Å². The Hall–Kier alpha value is -2.13. The number of carboxylic acid groups (broad SMARTS) is 1. The van der Waals surface area contributed by atoms with Crippen LogP contribution in [0.1, 0.15) is 71.9 Å². The van der Waals surface area contributed by atoms with Crippen LogP contribution in [0.15, 0.2) is 24.3 Å². The summed E-state index contributed by atoms with van der Waals surface area (Å²) in [6.45, 7) is 9.74. The molecular weight excluding hydrogens is 382 g/mol. The van der Waals surface area contributed by atoms with Crippen LogP contribution in [0.4, 0.5) is 0 Å². The topological polar surface area (TPSA) is 40.5 Å². The van der Waals surface area contributed by atoms with Crippen molar-refractivity contribution in [1.29, 1.82) is 0 Å². The smallest absolute Gasteiger partial charge is 0.307 e. The second-order valence-electron chi connectivity index (χ2n) is 9.82. The van der Waals surface area contributed by atoms with Gasteiger partial charge >= 0.3 is 5.97 Å². The molecule has 166 valence electrons. The molecule has 0 aromatic heterocycles. The number of aryl methyl sites for hydroxylation is 1. The summed E-state index contributed by atoms with van der Waals surface area (Å²) in [7, 11) is 0. The zero-order chi connectivity index (χ0) is 22.0. The Balaban J connectivity index is 1.66. The lowest BCUT2D eigenvalue weighted by Crippen LogP contribution is -2.34. The number of carbonyl (C=O) groups is 1. The molecule has 1 heterocycles. The van der Waals surface area contributed by atoms with E-state index in [0.717, 1.165) is 42.1 Å². The van der Waals surface area contributed by atoms with Gasteiger partial charge in [0.15, 0.2) is 0 Å². The quantitative estimate of drug-likeness (QED) is 0.603. The van der Waals surface area contributed by atoms with Crippen LogP contribution in [0.25, 0.3) is 11.1 Å². The van der Waals surface area contributed by atoms with E-state index in [0.29, 0.717) is 0 Å². The van der Waals surface area contributed by atoms with Crippen LogP contribution in [0.2, 0.25) is 0 Å². The zero-order valence-corrected chi connectivity index (χ0v) is 19.5. The lowest BCUT2D eigenvalue weighted by molar-refractivity contribution is -0.136. The molecule has 4 rings (SSSR count). The first-order valence-corrected chi connectivity index (χ1v) is 12.1. The maximum atomic E-state index is 11.7. The van der Waals surface area contributed by atoms with Crippen molar-refractivity contribution in [2.24, 2.45) is 5.92 Å². The van der Waals surface area contributed by atoms with E-state index in [2.05, 4.69) is 49.9 Å². The highest BCUT2D eigenvalue weighted by Gasteiger charge is 2.26. The highest BCUT2D eigenvalue weighted by Crippen LogP contribution is 2.38. The molecule has 0 unspecified atom stereocenters. The Morgan fingerprint density at radius 2 is 1.71 bits per heavy atom. The van der Waals surface area contributed by atoms with Gasteiger partial charge in [-0.3, -0.25) is 9.69 Å². The van der Waals surface area contributed by atoms with Crippen LogP contribution in [0.5, 0.6) is 0 Å². The molecule has 0 bridgehead atoms. The fraction of sp³-hybridized carbons (Fsp3) is 0.536. The van der Waals surface area contributed by atoms with Gasteiger partial charge in [-0.05, 0) is 85.0 Å². The standard InChI is InChI=1S/C28H37NO2/c1-19-9-11-23(12-10-19)28-21(3)26-18-29(15-13-22-7-5-4-6-8-22)16-14-24(26)20(2)25(28)17-27(30)31/h9-12,22H,4-8,13-18H2,1-3H3,(H,30,31). The van der Waals surface area contributed by atoms with Crippen LogP contribution in [-0.2, 0) is 24.2 Å². The van der Waals surface area contributed by atoms with E-state index < -0.39 is 5.97 Å². The molecule has 0 spiro atoms. The minimum Gasteiger partial charge on any atom is -0.481 e. The first kappa shape index (κ1) is 22.1. The third kappa shape index (κ3) is 4.87. The van der Waals surface area contributed by atoms with Crippen molar-refractivity contribution in [3.05, 3.63) is 57.6 Å². The average Bonchev–Trinajstić information content (AvgIpc) is 2.77. The molecule has 1 fully saturated rings. The summed E-state index contributed by atoms with van der Waals surface area (Å²) in [5.41, 5.74) is 9.84. The van der Waals surface area contributed by atoms with Crippen molar-refractivity contribution < 1.29 is 9.90 Å². The van der Waals surface area contributed by atoms with Gasteiger partial charge in [-0.25, -0.2) is 0 Å². The maximum absolute atomic E-state index is 11.7. The zero-order valence-electron chi connectivity index (χ0n) is 19.5. The summed E-state index contributed by atoms with van der Waals surface area (Å²) >= 11 is 0. The van der Waals surface area contributed by atoms with Crippen molar-refractivity contribution in [2.75, 3.05) is 13.1 Å². The molecule has 0 atom stereocenters. The lowest BCUT2D eigenvalue weighted by atomic mass is 9.81. The van der Waals surface area contributed by atoms with Gasteiger partial charge in [0, 0.05) is 13.1 Å². The van der Waals surface area contributed by atoms with Crippen molar-refractivity contribution in [2.45, 2.75) is 78.7 Å². The van der Waals surface area contributed by atoms with Crippen LogP contribution >= 0.6 is 0 Å². The number of aliphatic carboxylic acids is 1. The van der Waals surface area contributed by atoms with E-state index in [1.165, 1.54) is 72.9 Å². The van der Waals surface area contributed by atoms with Gasteiger partial charge in [0.05, 0.1) is 6.42 Å². The molecule has 1 saturated carbocycles. The number of hydrogen-bond donors (Lipinski definition) is 1. The monoisotopic (exact) mass is 419 g/mol. The predicted octanol–water partition coefficient (Wildman–Crippen LogP) is 6.23. The van der Waals surface area contributed by atoms with Gasteiger partial charge in [0.2, 0.25) is 0 Å². The van der Waals surface area contributed by atoms with E-state index >= 15 is 0 Å². The van der Waals surface area contributed by atoms with Crippen molar-refractivity contribution >= 4 is 5.97 Å². The average molecular weight is 420 g/mol. The van der Waals surface area contributed by atoms with Gasteiger partial charge < -0.3 is 5.11 Å². The number of carboxylic acids is 1. The van der Waals surface area contributed by atoms with E-state index in [1.807, 2.05) is 0 Å². The summed E-state index contributed by atoms with van der Waals surface area (Å²) in [4.78, 5) is 14.4. The normalized spacial score (nSPS) is 17.5. The molecule has 2 aromatic carbocycles. The second kappa shape index (κ2) is 9.56. The van der Waals surface area contributed by atoms with Crippen molar-refractivity contribution in [1.82, 2.24) is 4.90 Å². The van der Waals surface area contributed by atoms with Crippen LogP contribution in [-0.4, -0.2) is 29.1 Å². The summed E-state index contributed by atoms with van der Waals surface area (Å²) in [5.74, 6) is 0.166. The third-order valence-corrected chi connectivity index (χ3v) is 7.71. The molecule has 1 N–H and O–H groups in total. The Bertz CT molecular complexity index is 939. The highest BCUT2D eigenvalue weighted by molar-refractivity contribution is 5.81. The molecule has 0 amide bonds. The second-order valence-corrected chi connectivity index (χ2v) is 9.82. The SMILES string of the molecule is Cc1ccc(-c2c(C)c3c(c(C)c2CC(=O)O)CCN(CCC2CCCCC2)C3)cc1. The van der Waals surface area contributed by atoms with Gasteiger partial charge in [-0.1, -0.05) is 61.9 Å².